The molecule has 0 fully saturated rings. The van der Waals surface area contributed by atoms with Crippen molar-refractivity contribution in [2.75, 3.05) is 9.80 Å². The van der Waals surface area contributed by atoms with E-state index in [1.165, 1.54) is 23.5 Å². The van der Waals surface area contributed by atoms with Crippen LogP contribution in [0.25, 0.3) is 0 Å². The highest BCUT2D eigenvalue weighted by Crippen LogP contribution is 2.32. The molecule has 0 bridgehead atoms. The summed E-state index contributed by atoms with van der Waals surface area (Å²) in [5.74, 6) is 1.16. The fourth-order valence-electron chi connectivity index (χ4n) is 3.25. The van der Waals surface area contributed by atoms with Crippen LogP contribution in [0.5, 0.6) is 0 Å². The highest BCUT2D eigenvalue weighted by Gasteiger charge is 2.21. The molecule has 0 aliphatic carbocycles. The molecule has 1 heterocycles. The summed E-state index contributed by atoms with van der Waals surface area (Å²) in [4.78, 5) is 4.53. The van der Waals surface area contributed by atoms with Crippen molar-refractivity contribution in [3.63, 3.8) is 0 Å². The molecule has 1 unspecified atom stereocenters. The monoisotopic (exact) mass is 318 g/mol. The lowest BCUT2D eigenvalue weighted by molar-refractivity contribution is 0.479. The third-order valence-corrected chi connectivity index (χ3v) is 4.34. The number of nitrogens with zero attached hydrogens (tertiary/aromatic N) is 2. The molecule has 0 saturated carbocycles. The summed E-state index contributed by atoms with van der Waals surface area (Å²) in [6.07, 6.45) is 7.75. The van der Waals surface area contributed by atoms with E-state index in [0.29, 0.717) is 11.8 Å². The van der Waals surface area contributed by atoms with E-state index in [1.807, 2.05) is 0 Å². The van der Waals surface area contributed by atoms with Crippen LogP contribution in [0, 0.1) is 11.8 Å². The molecule has 124 valence electrons. The van der Waals surface area contributed by atoms with Gasteiger partial charge < -0.3 is 9.80 Å². The van der Waals surface area contributed by atoms with Crippen molar-refractivity contribution in [2.45, 2.75) is 27.2 Å². The van der Waals surface area contributed by atoms with E-state index < -0.39 is 0 Å². The van der Waals surface area contributed by atoms with E-state index in [1.54, 1.807) is 0 Å². The van der Waals surface area contributed by atoms with Crippen LogP contribution in [0.3, 0.4) is 0 Å². The second-order valence-electron chi connectivity index (χ2n) is 6.83. The standard InChI is InChI=1S/C22H26N2/c1-18(2)16-19(3)22-17-23(20-10-6-4-7-11-20)14-15-24(22)21-12-8-5-9-13-21/h4-15,17-19H,16H2,1-3H3. The summed E-state index contributed by atoms with van der Waals surface area (Å²) in [6.45, 7) is 6.90. The van der Waals surface area contributed by atoms with Crippen molar-refractivity contribution in [2.24, 2.45) is 11.8 Å². The Morgan fingerprint density at radius 3 is 1.92 bits per heavy atom. The van der Waals surface area contributed by atoms with Gasteiger partial charge in [0.05, 0.1) is 0 Å². The summed E-state index contributed by atoms with van der Waals surface area (Å²) in [7, 11) is 0. The molecule has 0 radical (unpaired) electrons. The molecule has 3 rings (SSSR count). The molecule has 1 atom stereocenters. The number of allylic oxidation sites excluding steroid dienone is 1. The third kappa shape index (κ3) is 3.70. The molecule has 24 heavy (non-hydrogen) atoms. The molecular weight excluding hydrogens is 292 g/mol. The van der Waals surface area contributed by atoms with E-state index in [4.69, 9.17) is 0 Å². The average molecular weight is 318 g/mol. The molecule has 2 aromatic rings. The van der Waals surface area contributed by atoms with Crippen molar-refractivity contribution in [1.29, 1.82) is 0 Å². The molecular formula is C22H26N2. The van der Waals surface area contributed by atoms with Gasteiger partial charge in [0.25, 0.3) is 0 Å². The number of benzene rings is 2. The van der Waals surface area contributed by atoms with Crippen molar-refractivity contribution in [1.82, 2.24) is 0 Å². The van der Waals surface area contributed by atoms with Gasteiger partial charge in [-0.2, -0.15) is 0 Å². The first-order valence-electron chi connectivity index (χ1n) is 8.73. The van der Waals surface area contributed by atoms with Crippen LogP contribution in [0.2, 0.25) is 0 Å². The lowest BCUT2D eigenvalue weighted by atomic mass is 9.94. The van der Waals surface area contributed by atoms with E-state index in [9.17, 15) is 0 Å². The maximum atomic E-state index is 2.32. The molecule has 2 nitrogen and oxygen atoms in total. The van der Waals surface area contributed by atoms with Gasteiger partial charge >= 0.3 is 0 Å². The molecule has 0 amide bonds. The zero-order valence-electron chi connectivity index (χ0n) is 14.8. The maximum Gasteiger partial charge on any atom is 0.0453 e. The number of para-hydroxylation sites is 2. The first-order valence-corrected chi connectivity index (χ1v) is 8.73. The largest absolute Gasteiger partial charge is 0.321 e. The van der Waals surface area contributed by atoms with Gasteiger partial charge in [0.2, 0.25) is 0 Å². The van der Waals surface area contributed by atoms with Crippen molar-refractivity contribution < 1.29 is 0 Å². The predicted octanol–water partition coefficient (Wildman–Crippen LogP) is 6.01. The Kier molecular flexibility index (Phi) is 5.05. The normalized spacial score (nSPS) is 15.6. The summed E-state index contributed by atoms with van der Waals surface area (Å²) in [5.41, 5.74) is 3.74. The number of rotatable bonds is 5. The van der Waals surface area contributed by atoms with E-state index in [0.717, 1.165) is 0 Å². The average Bonchev–Trinajstić information content (AvgIpc) is 2.62. The van der Waals surface area contributed by atoms with Crippen LogP contribution in [0.15, 0.2) is 85.0 Å². The highest BCUT2D eigenvalue weighted by atomic mass is 15.2. The lowest BCUT2D eigenvalue weighted by Gasteiger charge is -2.34. The summed E-state index contributed by atoms with van der Waals surface area (Å²) >= 11 is 0. The van der Waals surface area contributed by atoms with Crippen molar-refractivity contribution >= 4 is 11.4 Å². The smallest absolute Gasteiger partial charge is 0.0453 e. The van der Waals surface area contributed by atoms with Crippen LogP contribution in [-0.2, 0) is 0 Å². The fourth-order valence-corrected chi connectivity index (χ4v) is 3.25. The zero-order chi connectivity index (χ0) is 16.9. The molecule has 2 heteroatoms. The summed E-state index contributed by atoms with van der Waals surface area (Å²) < 4.78 is 0. The minimum Gasteiger partial charge on any atom is -0.321 e. The third-order valence-electron chi connectivity index (χ3n) is 4.34. The first-order chi connectivity index (χ1) is 11.6. The molecule has 1 aliphatic rings. The van der Waals surface area contributed by atoms with Gasteiger partial charge in [-0.1, -0.05) is 57.2 Å². The van der Waals surface area contributed by atoms with E-state index in [-0.39, 0.29) is 0 Å². The van der Waals surface area contributed by atoms with Crippen LogP contribution in [-0.4, -0.2) is 0 Å². The van der Waals surface area contributed by atoms with E-state index in [2.05, 4.69) is 110 Å². The Balaban J connectivity index is 1.95. The SMILES string of the molecule is CC(C)CC(C)C1=CN(c2ccccc2)C=CN1c1ccccc1. The molecule has 0 spiro atoms. The number of anilines is 2. The molecule has 0 aromatic heterocycles. The number of hydrogen-bond acceptors (Lipinski definition) is 2. The Bertz CT molecular complexity index is 701. The molecule has 1 aliphatic heterocycles. The minimum atomic E-state index is 0.487. The van der Waals surface area contributed by atoms with Gasteiger partial charge in [0, 0.05) is 35.7 Å². The zero-order valence-corrected chi connectivity index (χ0v) is 14.8. The second kappa shape index (κ2) is 7.39. The van der Waals surface area contributed by atoms with Crippen LogP contribution in [0.1, 0.15) is 27.2 Å². The van der Waals surface area contributed by atoms with Crippen molar-refractivity contribution in [3.05, 3.63) is 85.0 Å². The highest BCUT2D eigenvalue weighted by molar-refractivity contribution is 5.62. The summed E-state index contributed by atoms with van der Waals surface area (Å²) in [5, 5.41) is 0. The predicted molar refractivity (Wildman–Crippen MR) is 104 cm³/mol. The topological polar surface area (TPSA) is 6.48 Å². The minimum absolute atomic E-state index is 0.487. The van der Waals surface area contributed by atoms with Gasteiger partial charge in [-0.15, -0.1) is 0 Å². The molecule has 0 saturated heterocycles. The van der Waals surface area contributed by atoms with Gasteiger partial charge in [-0.05, 0) is 42.5 Å². The Morgan fingerprint density at radius 1 is 0.750 bits per heavy atom. The number of hydrogen-bond donors (Lipinski definition) is 0. The van der Waals surface area contributed by atoms with Gasteiger partial charge in [0.1, 0.15) is 0 Å². The Morgan fingerprint density at radius 2 is 1.33 bits per heavy atom. The van der Waals surface area contributed by atoms with Crippen molar-refractivity contribution in [3.8, 4) is 0 Å². The maximum absolute atomic E-state index is 2.32. The Hall–Kier alpha value is -2.48. The molecule has 2 aromatic carbocycles. The quantitative estimate of drug-likeness (QED) is 0.666. The van der Waals surface area contributed by atoms with Gasteiger partial charge in [-0.3, -0.25) is 0 Å². The Labute approximate surface area is 145 Å². The fraction of sp³-hybridized carbons (Fsp3) is 0.273. The first kappa shape index (κ1) is 16.4. The van der Waals surface area contributed by atoms with Crippen LogP contribution < -0.4 is 9.80 Å². The second-order valence-corrected chi connectivity index (χ2v) is 6.83. The summed E-state index contributed by atoms with van der Waals surface area (Å²) in [6, 6.07) is 21.1. The van der Waals surface area contributed by atoms with Gasteiger partial charge in [-0.25, -0.2) is 0 Å². The van der Waals surface area contributed by atoms with Gasteiger partial charge in [0.15, 0.2) is 0 Å². The van der Waals surface area contributed by atoms with E-state index >= 15 is 0 Å². The lowest BCUT2D eigenvalue weighted by Crippen LogP contribution is -2.28. The molecule has 0 N–H and O–H groups in total. The van der Waals surface area contributed by atoms with Crippen LogP contribution in [0.4, 0.5) is 11.4 Å². The van der Waals surface area contributed by atoms with Crippen LogP contribution >= 0.6 is 0 Å².